The fourth-order valence-electron chi connectivity index (χ4n) is 3.06. The molecule has 0 bridgehead atoms. The van der Waals surface area contributed by atoms with Gasteiger partial charge >= 0.3 is 0 Å². The monoisotopic (exact) mass is 431 g/mol. The molecule has 1 heterocycles. The van der Waals surface area contributed by atoms with Crippen molar-refractivity contribution in [3.8, 4) is 5.75 Å². The Morgan fingerprint density at radius 3 is 2.37 bits per heavy atom. The summed E-state index contributed by atoms with van der Waals surface area (Å²) >= 11 is 0. The highest BCUT2D eigenvalue weighted by molar-refractivity contribution is 7.92. The van der Waals surface area contributed by atoms with Crippen molar-refractivity contribution in [2.75, 3.05) is 22.4 Å². The lowest BCUT2D eigenvalue weighted by Gasteiger charge is -2.34. The van der Waals surface area contributed by atoms with Crippen LogP contribution >= 0.6 is 0 Å². The maximum Gasteiger partial charge on any atom is 0.267 e. The van der Waals surface area contributed by atoms with Crippen molar-refractivity contribution in [3.05, 3.63) is 54.1 Å². The number of carbonyl (C=O) groups excluding carboxylic acids is 2. The summed E-state index contributed by atoms with van der Waals surface area (Å²) in [5.74, 6) is -0.576. The van der Waals surface area contributed by atoms with Gasteiger partial charge in [0.1, 0.15) is 5.75 Å². The summed E-state index contributed by atoms with van der Waals surface area (Å²) in [6.07, 6.45) is 0.00397. The molecule has 0 unspecified atom stereocenters. The van der Waals surface area contributed by atoms with Crippen LogP contribution in [0.2, 0.25) is 0 Å². The number of hydrogen-bond acceptors (Lipinski definition) is 5. The molecule has 0 saturated heterocycles. The molecule has 8 nitrogen and oxygen atoms in total. The van der Waals surface area contributed by atoms with Crippen LogP contribution in [0.15, 0.2) is 48.5 Å². The summed E-state index contributed by atoms with van der Waals surface area (Å²) in [5, 5.41) is 5.56. The molecular formula is C21H25N3O5S. The smallest absolute Gasteiger partial charge is 0.267 e. The van der Waals surface area contributed by atoms with Gasteiger partial charge in [0.25, 0.3) is 11.8 Å². The van der Waals surface area contributed by atoms with Gasteiger partial charge in [0.2, 0.25) is 10.0 Å². The normalized spacial score (nSPS) is 16.3. The van der Waals surface area contributed by atoms with Crippen molar-refractivity contribution in [1.82, 2.24) is 5.32 Å². The first-order valence-corrected chi connectivity index (χ1v) is 11.3. The maximum atomic E-state index is 12.9. The molecule has 0 aromatic heterocycles. The Balaban J connectivity index is 1.85. The van der Waals surface area contributed by atoms with Crippen molar-refractivity contribution >= 4 is 33.2 Å². The van der Waals surface area contributed by atoms with Crippen molar-refractivity contribution < 1.29 is 22.7 Å². The fourth-order valence-corrected chi connectivity index (χ4v) is 3.98. The molecule has 160 valence electrons. The number of carbonyl (C=O) groups is 2. The topological polar surface area (TPSA) is 105 Å². The van der Waals surface area contributed by atoms with Crippen LogP contribution < -0.4 is 19.7 Å². The minimum Gasteiger partial charge on any atom is -0.476 e. The number of benzene rings is 2. The number of sulfonamides is 1. The molecule has 1 aliphatic rings. The molecule has 1 atom stereocenters. The van der Waals surface area contributed by atoms with Gasteiger partial charge in [-0.3, -0.25) is 13.9 Å². The molecule has 0 saturated carbocycles. The van der Waals surface area contributed by atoms with Crippen LogP contribution in [0.1, 0.15) is 31.1 Å². The maximum absolute atomic E-state index is 12.9. The minimum atomic E-state index is -3.61. The zero-order valence-electron chi connectivity index (χ0n) is 17.3. The predicted octanol–water partition coefficient (Wildman–Crippen LogP) is 2.38. The van der Waals surface area contributed by atoms with Crippen LogP contribution in [0.25, 0.3) is 0 Å². The van der Waals surface area contributed by atoms with Crippen molar-refractivity contribution in [1.29, 1.82) is 0 Å². The second-order valence-corrected chi connectivity index (χ2v) is 10.0. The Labute approximate surface area is 176 Å². The molecule has 0 fully saturated rings. The zero-order chi connectivity index (χ0) is 22.1. The first-order valence-electron chi connectivity index (χ1n) is 9.41. The van der Waals surface area contributed by atoms with Crippen LogP contribution in [-0.2, 0) is 14.8 Å². The molecule has 2 amide bonds. The summed E-state index contributed by atoms with van der Waals surface area (Å²) in [5.41, 5.74) is 0.559. The van der Waals surface area contributed by atoms with Crippen LogP contribution in [0.3, 0.4) is 0 Å². The lowest BCUT2D eigenvalue weighted by Crippen LogP contribution is -2.48. The van der Waals surface area contributed by atoms with Gasteiger partial charge in [-0.15, -0.1) is 0 Å². The molecule has 0 spiro atoms. The van der Waals surface area contributed by atoms with E-state index in [0.29, 0.717) is 22.7 Å². The predicted molar refractivity (Wildman–Crippen MR) is 115 cm³/mol. The van der Waals surface area contributed by atoms with Crippen LogP contribution in [0, 0.1) is 0 Å². The summed E-state index contributed by atoms with van der Waals surface area (Å²) < 4.78 is 31.4. The van der Waals surface area contributed by atoms with Gasteiger partial charge in [-0.1, -0.05) is 24.3 Å². The number of para-hydroxylation sites is 3. The first-order chi connectivity index (χ1) is 14.0. The van der Waals surface area contributed by atoms with E-state index >= 15 is 0 Å². The van der Waals surface area contributed by atoms with Gasteiger partial charge < -0.3 is 15.4 Å². The third-order valence-corrected chi connectivity index (χ3v) is 5.49. The number of fused-ring (bicyclic) bond motifs is 1. The molecular weight excluding hydrogens is 406 g/mol. The number of amides is 2. The number of anilines is 2. The number of nitrogens with one attached hydrogen (secondary N) is 2. The average Bonchev–Trinajstić information content (AvgIpc) is 2.65. The van der Waals surface area contributed by atoms with Crippen molar-refractivity contribution in [2.45, 2.75) is 32.4 Å². The molecule has 2 N–H and O–H groups in total. The Kier molecular flexibility index (Phi) is 5.76. The van der Waals surface area contributed by atoms with Gasteiger partial charge in [0, 0.05) is 5.54 Å². The molecule has 1 aliphatic heterocycles. The first kappa shape index (κ1) is 21.6. The number of ether oxygens (including phenoxy) is 1. The van der Waals surface area contributed by atoms with Crippen molar-refractivity contribution in [3.63, 3.8) is 0 Å². The summed E-state index contributed by atoms with van der Waals surface area (Å²) in [7, 11) is -3.61. The SMILES string of the molecule is CC(C)(C)NC(=O)c1ccccc1NC(=O)[C@@H]1CN(S(C)(=O)=O)c2ccccc2O1. The summed E-state index contributed by atoms with van der Waals surface area (Å²) in [6.45, 7) is 5.41. The standard InChI is InChI=1S/C21H25N3O5S/c1-21(2,3)23-19(25)14-9-5-6-10-15(14)22-20(26)18-13-24(30(4,27)28)16-11-7-8-12-17(16)29-18/h5-12,18H,13H2,1-4H3,(H,22,26)(H,23,25)/t18-/m0/s1. The number of nitrogens with zero attached hydrogens (tertiary/aromatic N) is 1. The van der Waals surface area contributed by atoms with Gasteiger partial charge in [0.05, 0.1) is 29.7 Å². The minimum absolute atomic E-state index is 0.169. The van der Waals surface area contributed by atoms with Gasteiger partial charge in [-0.05, 0) is 45.0 Å². The Bertz CT molecular complexity index is 1080. The van der Waals surface area contributed by atoms with E-state index in [2.05, 4.69) is 10.6 Å². The van der Waals surface area contributed by atoms with E-state index in [0.717, 1.165) is 10.6 Å². The Morgan fingerprint density at radius 1 is 1.07 bits per heavy atom. The van der Waals surface area contributed by atoms with E-state index in [1.54, 1.807) is 48.5 Å². The third kappa shape index (κ3) is 4.91. The van der Waals surface area contributed by atoms with Gasteiger partial charge in [-0.25, -0.2) is 8.42 Å². The lowest BCUT2D eigenvalue weighted by molar-refractivity contribution is -0.122. The number of hydrogen-bond donors (Lipinski definition) is 2. The molecule has 2 aromatic rings. The molecule has 2 aromatic carbocycles. The van der Waals surface area contributed by atoms with E-state index in [1.165, 1.54) is 0 Å². The third-order valence-electron chi connectivity index (χ3n) is 4.35. The molecule has 3 rings (SSSR count). The van der Waals surface area contributed by atoms with Gasteiger partial charge in [0.15, 0.2) is 6.10 Å². The van der Waals surface area contributed by atoms with Crippen LogP contribution in [-0.4, -0.2) is 44.7 Å². The van der Waals surface area contributed by atoms with E-state index in [-0.39, 0.29) is 12.5 Å². The van der Waals surface area contributed by atoms with Crippen molar-refractivity contribution in [2.24, 2.45) is 0 Å². The highest BCUT2D eigenvalue weighted by Gasteiger charge is 2.35. The zero-order valence-corrected chi connectivity index (χ0v) is 18.1. The molecule has 0 radical (unpaired) electrons. The van der Waals surface area contributed by atoms with Crippen LogP contribution in [0.4, 0.5) is 11.4 Å². The van der Waals surface area contributed by atoms with E-state index < -0.39 is 27.6 Å². The van der Waals surface area contributed by atoms with E-state index in [9.17, 15) is 18.0 Å². The Hall–Kier alpha value is -3.07. The lowest BCUT2D eigenvalue weighted by atomic mass is 10.1. The fraction of sp³-hybridized carbons (Fsp3) is 0.333. The average molecular weight is 432 g/mol. The Morgan fingerprint density at radius 2 is 1.70 bits per heavy atom. The summed E-state index contributed by atoms with van der Waals surface area (Å²) in [6, 6.07) is 13.2. The number of rotatable bonds is 4. The molecule has 0 aliphatic carbocycles. The molecule has 9 heteroatoms. The molecule has 30 heavy (non-hydrogen) atoms. The van der Waals surface area contributed by atoms with Gasteiger partial charge in [-0.2, -0.15) is 0 Å². The highest BCUT2D eigenvalue weighted by atomic mass is 32.2. The second-order valence-electron chi connectivity index (χ2n) is 8.11. The van der Waals surface area contributed by atoms with Crippen LogP contribution in [0.5, 0.6) is 5.75 Å². The quantitative estimate of drug-likeness (QED) is 0.773. The second kappa shape index (κ2) is 7.98. The summed E-state index contributed by atoms with van der Waals surface area (Å²) in [4.78, 5) is 25.5. The van der Waals surface area contributed by atoms with E-state index in [4.69, 9.17) is 4.74 Å². The highest BCUT2D eigenvalue weighted by Crippen LogP contribution is 2.34. The largest absolute Gasteiger partial charge is 0.476 e. The van der Waals surface area contributed by atoms with E-state index in [1.807, 2.05) is 20.8 Å².